The van der Waals surface area contributed by atoms with E-state index in [0.717, 1.165) is 22.9 Å². The van der Waals surface area contributed by atoms with Crippen LogP contribution in [0.4, 0.5) is 10.1 Å². The quantitative estimate of drug-likeness (QED) is 0.901. The van der Waals surface area contributed by atoms with Crippen LogP contribution in [0.15, 0.2) is 29.6 Å². The lowest BCUT2D eigenvalue weighted by Gasteiger charge is -2.17. The number of anilines is 1. The lowest BCUT2D eigenvalue weighted by Crippen LogP contribution is -2.16. The maximum absolute atomic E-state index is 13.1. The van der Waals surface area contributed by atoms with Crippen molar-refractivity contribution in [3.8, 4) is 0 Å². The van der Waals surface area contributed by atoms with Crippen LogP contribution in [0.3, 0.4) is 0 Å². The molecule has 5 heteroatoms. The Kier molecular flexibility index (Phi) is 4.28. The fraction of sp³-hybridized carbons (Fsp3) is 0.308. The van der Waals surface area contributed by atoms with Gasteiger partial charge in [0.1, 0.15) is 10.8 Å². The molecule has 1 heterocycles. The van der Waals surface area contributed by atoms with Crippen LogP contribution >= 0.6 is 11.3 Å². The Morgan fingerprint density at radius 3 is 3.00 bits per heavy atom. The van der Waals surface area contributed by atoms with E-state index in [9.17, 15) is 4.39 Å². The maximum atomic E-state index is 13.1. The average Bonchev–Trinajstić information content (AvgIpc) is 2.77. The molecule has 2 aromatic rings. The van der Waals surface area contributed by atoms with Crippen molar-refractivity contribution in [2.45, 2.75) is 13.1 Å². The number of nitrogens with zero attached hydrogens (tertiary/aromatic N) is 2. The van der Waals surface area contributed by atoms with E-state index in [1.165, 1.54) is 12.1 Å². The van der Waals surface area contributed by atoms with Gasteiger partial charge >= 0.3 is 0 Å². The Morgan fingerprint density at radius 2 is 2.28 bits per heavy atom. The maximum Gasteiger partial charge on any atom is 0.125 e. The van der Waals surface area contributed by atoms with Crippen LogP contribution in [-0.2, 0) is 13.1 Å². The first-order chi connectivity index (χ1) is 8.69. The van der Waals surface area contributed by atoms with E-state index in [2.05, 4.69) is 10.3 Å². The summed E-state index contributed by atoms with van der Waals surface area (Å²) in [7, 11) is 3.84. The van der Waals surface area contributed by atoms with Crippen LogP contribution in [0.5, 0.6) is 0 Å². The molecule has 1 aromatic carbocycles. The van der Waals surface area contributed by atoms with Gasteiger partial charge in [0.25, 0.3) is 0 Å². The van der Waals surface area contributed by atoms with Gasteiger partial charge in [0.05, 0.1) is 12.2 Å². The summed E-state index contributed by atoms with van der Waals surface area (Å²) >= 11 is 1.64. The van der Waals surface area contributed by atoms with Crippen molar-refractivity contribution in [2.75, 3.05) is 19.0 Å². The number of rotatable bonds is 5. The van der Waals surface area contributed by atoms with Crippen molar-refractivity contribution in [2.24, 2.45) is 0 Å². The standard InChI is InChI=1S/C13H16FN3S/c1-15-7-13-16-11(9-18-13)8-17(2)12-5-3-4-10(14)6-12/h3-6,9,15H,7-8H2,1-2H3. The summed E-state index contributed by atoms with van der Waals surface area (Å²) in [5.74, 6) is -0.214. The molecule has 1 aromatic heterocycles. The number of aromatic nitrogens is 1. The van der Waals surface area contributed by atoms with Crippen molar-refractivity contribution in [3.63, 3.8) is 0 Å². The molecule has 0 fully saturated rings. The molecule has 0 bridgehead atoms. The molecule has 0 radical (unpaired) electrons. The monoisotopic (exact) mass is 265 g/mol. The summed E-state index contributed by atoms with van der Waals surface area (Å²) in [6.07, 6.45) is 0. The summed E-state index contributed by atoms with van der Waals surface area (Å²) in [6, 6.07) is 6.59. The molecule has 0 saturated carbocycles. The van der Waals surface area contributed by atoms with Crippen molar-refractivity contribution >= 4 is 17.0 Å². The second-order valence-corrected chi connectivity index (χ2v) is 5.04. The zero-order valence-electron chi connectivity index (χ0n) is 10.5. The number of halogens is 1. The highest BCUT2D eigenvalue weighted by atomic mass is 32.1. The number of thiazole rings is 1. The van der Waals surface area contributed by atoms with Gasteiger partial charge < -0.3 is 10.2 Å². The first-order valence-corrected chi connectivity index (χ1v) is 6.61. The van der Waals surface area contributed by atoms with Crippen LogP contribution in [0.25, 0.3) is 0 Å². The summed E-state index contributed by atoms with van der Waals surface area (Å²) in [5.41, 5.74) is 1.87. The molecule has 0 aliphatic carbocycles. The molecule has 96 valence electrons. The van der Waals surface area contributed by atoms with Gasteiger partial charge in [0.15, 0.2) is 0 Å². The van der Waals surface area contributed by atoms with E-state index in [1.54, 1.807) is 17.4 Å². The van der Waals surface area contributed by atoms with Crippen LogP contribution in [-0.4, -0.2) is 19.1 Å². The Labute approximate surface area is 110 Å². The summed E-state index contributed by atoms with van der Waals surface area (Å²) < 4.78 is 13.1. The Morgan fingerprint density at radius 1 is 1.44 bits per heavy atom. The van der Waals surface area contributed by atoms with Gasteiger partial charge in [-0.1, -0.05) is 6.07 Å². The van der Waals surface area contributed by atoms with Gasteiger partial charge in [-0.15, -0.1) is 11.3 Å². The van der Waals surface area contributed by atoms with Crippen molar-refractivity contribution in [1.82, 2.24) is 10.3 Å². The van der Waals surface area contributed by atoms with E-state index in [1.807, 2.05) is 30.4 Å². The number of hydrogen-bond acceptors (Lipinski definition) is 4. The Bertz CT molecular complexity index is 512. The molecular weight excluding hydrogens is 249 g/mol. The van der Waals surface area contributed by atoms with Crippen LogP contribution in [0, 0.1) is 5.82 Å². The first kappa shape index (κ1) is 13.0. The van der Waals surface area contributed by atoms with Crippen LogP contribution in [0.1, 0.15) is 10.7 Å². The van der Waals surface area contributed by atoms with Gasteiger partial charge in [-0.25, -0.2) is 9.37 Å². The first-order valence-electron chi connectivity index (χ1n) is 5.73. The lowest BCUT2D eigenvalue weighted by molar-refractivity contribution is 0.627. The zero-order chi connectivity index (χ0) is 13.0. The van der Waals surface area contributed by atoms with Crippen molar-refractivity contribution < 1.29 is 4.39 Å². The fourth-order valence-corrected chi connectivity index (χ4v) is 2.50. The van der Waals surface area contributed by atoms with E-state index in [4.69, 9.17) is 0 Å². The van der Waals surface area contributed by atoms with Gasteiger partial charge in [0.2, 0.25) is 0 Å². The van der Waals surface area contributed by atoms with Gasteiger partial charge in [-0.3, -0.25) is 0 Å². The molecule has 0 spiro atoms. The minimum absolute atomic E-state index is 0.214. The lowest BCUT2D eigenvalue weighted by atomic mass is 10.3. The minimum Gasteiger partial charge on any atom is -0.369 e. The molecular formula is C13H16FN3S. The summed E-state index contributed by atoms with van der Waals surface area (Å²) in [5, 5.41) is 6.19. The van der Waals surface area contributed by atoms with Crippen molar-refractivity contribution in [1.29, 1.82) is 0 Å². The van der Waals surface area contributed by atoms with E-state index in [-0.39, 0.29) is 5.82 Å². The second-order valence-electron chi connectivity index (χ2n) is 4.10. The SMILES string of the molecule is CNCc1nc(CN(C)c2cccc(F)c2)cs1. The van der Waals surface area contributed by atoms with Crippen LogP contribution in [0.2, 0.25) is 0 Å². The zero-order valence-corrected chi connectivity index (χ0v) is 11.3. The van der Waals surface area contributed by atoms with Crippen molar-refractivity contribution in [3.05, 3.63) is 46.2 Å². The largest absolute Gasteiger partial charge is 0.369 e. The fourth-order valence-electron chi connectivity index (χ4n) is 1.70. The smallest absolute Gasteiger partial charge is 0.125 e. The number of nitrogens with one attached hydrogen (secondary N) is 1. The third kappa shape index (κ3) is 3.27. The van der Waals surface area contributed by atoms with Gasteiger partial charge in [-0.05, 0) is 25.2 Å². The second kappa shape index (κ2) is 5.93. The highest BCUT2D eigenvalue weighted by Gasteiger charge is 2.06. The third-order valence-electron chi connectivity index (χ3n) is 2.58. The number of benzene rings is 1. The minimum atomic E-state index is -0.214. The Balaban J connectivity index is 2.04. The average molecular weight is 265 g/mol. The van der Waals surface area contributed by atoms with Gasteiger partial charge in [0, 0.05) is 24.7 Å². The summed E-state index contributed by atoms with van der Waals surface area (Å²) in [4.78, 5) is 6.50. The van der Waals surface area contributed by atoms with Crippen LogP contribution < -0.4 is 10.2 Å². The predicted octanol–water partition coefficient (Wildman–Crippen LogP) is 2.64. The van der Waals surface area contributed by atoms with E-state index >= 15 is 0 Å². The molecule has 0 saturated heterocycles. The molecule has 18 heavy (non-hydrogen) atoms. The molecule has 2 rings (SSSR count). The highest BCUT2D eigenvalue weighted by molar-refractivity contribution is 7.09. The van der Waals surface area contributed by atoms with E-state index < -0.39 is 0 Å². The normalized spacial score (nSPS) is 10.6. The predicted molar refractivity (Wildman–Crippen MR) is 73.4 cm³/mol. The molecule has 3 nitrogen and oxygen atoms in total. The topological polar surface area (TPSA) is 28.2 Å². The molecule has 0 amide bonds. The molecule has 1 N–H and O–H groups in total. The molecule has 0 unspecified atom stereocenters. The summed E-state index contributed by atoms with van der Waals surface area (Å²) in [6.45, 7) is 1.47. The Hall–Kier alpha value is -1.46. The highest BCUT2D eigenvalue weighted by Crippen LogP contribution is 2.17. The van der Waals surface area contributed by atoms with E-state index in [0.29, 0.717) is 6.54 Å². The van der Waals surface area contributed by atoms with Gasteiger partial charge in [-0.2, -0.15) is 0 Å². The molecule has 0 atom stereocenters. The molecule has 0 aliphatic rings. The molecule has 0 aliphatic heterocycles. The third-order valence-corrected chi connectivity index (χ3v) is 3.47. The number of hydrogen-bond donors (Lipinski definition) is 1.